The van der Waals surface area contributed by atoms with E-state index < -0.39 is 0 Å². The highest BCUT2D eigenvalue weighted by Gasteiger charge is 2.24. The summed E-state index contributed by atoms with van der Waals surface area (Å²) in [7, 11) is 0. The fourth-order valence-corrected chi connectivity index (χ4v) is 1.61. The minimum absolute atomic E-state index is 0.116. The van der Waals surface area contributed by atoms with E-state index in [-0.39, 0.29) is 5.91 Å². The van der Waals surface area contributed by atoms with Crippen LogP contribution in [0.4, 0.5) is 11.4 Å². The van der Waals surface area contributed by atoms with E-state index in [2.05, 4.69) is 5.32 Å². The van der Waals surface area contributed by atoms with Crippen molar-refractivity contribution in [3.05, 3.63) is 23.8 Å². The summed E-state index contributed by atoms with van der Waals surface area (Å²) >= 11 is 0. The number of carbonyl (C=O) groups excluding carboxylic acids is 1. The Labute approximate surface area is 89.7 Å². The number of aryl methyl sites for hydroxylation is 1. The van der Waals surface area contributed by atoms with E-state index in [0.29, 0.717) is 12.3 Å². The summed E-state index contributed by atoms with van der Waals surface area (Å²) in [5, 5.41) is 2.91. The fraction of sp³-hybridized carbons (Fsp3) is 0.417. The lowest BCUT2D eigenvalue weighted by molar-refractivity contribution is -0.116. The summed E-state index contributed by atoms with van der Waals surface area (Å²) in [6.45, 7) is 1.95. The summed E-state index contributed by atoms with van der Waals surface area (Å²) in [4.78, 5) is 11.6. The number of nitrogens with one attached hydrogen (secondary N) is 1. The maximum atomic E-state index is 11.6. The number of anilines is 2. The third-order valence-corrected chi connectivity index (χ3v) is 2.70. The molecule has 3 heteroatoms. The molecule has 3 nitrogen and oxygen atoms in total. The van der Waals surface area contributed by atoms with Crippen LogP contribution in [0.5, 0.6) is 0 Å². The predicted octanol–water partition coefficient (Wildman–Crippen LogP) is 2.32. The Hall–Kier alpha value is -1.51. The Kier molecular flexibility index (Phi) is 2.62. The van der Waals surface area contributed by atoms with Crippen LogP contribution in [0.2, 0.25) is 0 Å². The van der Waals surface area contributed by atoms with E-state index in [1.807, 2.05) is 19.1 Å². The van der Waals surface area contributed by atoms with Crippen molar-refractivity contribution in [2.24, 2.45) is 5.92 Å². The smallest absolute Gasteiger partial charge is 0.224 e. The monoisotopic (exact) mass is 204 g/mol. The molecule has 1 aliphatic rings. The highest BCUT2D eigenvalue weighted by Crippen LogP contribution is 2.32. The molecule has 0 heterocycles. The highest BCUT2D eigenvalue weighted by molar-refractivity contribution is 5.92. The SMILES string of the molecule is Cc1cc(N)ccc1NC(=O)CC1CC1. The Balaban J connectivity index is 1.99. The molecule has 15 heavy (non-hydrogen) atoms. The molecule has 0 bridgehead atoms. The van der Waals surface area contributed by atoms with Gasteiger partial charge in [-0.3, -0.25) is 4.79 Å². The fourth-order valence-electron chi connectivity index (χ4n) is 1.61. The quantitative estimate of drug-likeness (QED) is 0.742. The van der Waals surface area contributed by atoms with Crippen molar-refractivity contribution in [3.8, 4) is 0 Å². The first-order chi connectivity index (χ1) is 7.15. The zero-order valence-corrected chi connectivity index (χ0v) is 8.92. The van der Waals surface area contributed by atoms with Gasteiger partial charge in [0, 0.05) is 17.8 Å². The Morgan fingerprint density at radius 2 is 2.27 bits per heavy atom. The second-order valence-electron chi connectivity index (χ2n) is 4.27. The van der Waals surface area contributed by atoms with Gasteiger partial charge >= 0.3 is 0 Å². The molecule has 2 rings (SSSR count). The van der Waals surface area contributed by atoms with Gasteiger partial charge in [0.25, 0.3) is 0 Å². The average Bonchev–Trinajstić information content (AvgIpc) is 2.94. The lowest BCUT2D eigenvalue weighted by atomic mass is 10.1. The van der Waals surface area contributed by atoms with E-state index in [1.165, 1.54) is 12.8 Å². The Bertz CT molecular complexity index is 383. The molecule has 1 saturated carbocycles. The summed E-state index contributed by atoms with van der Waals surface area (Å²) in [5.74, 6) is 0.740. The van der Waals surface area contributed by atoms with Gasteiger partial charge in [-0.1, -0.05) is 0 Å². The standard InChI is InChI=1S/C12H16N2O/c1-8-6-10(13)4-5-11(8)14-12(15)7-9-2-3-9/h4-6,9H,2-3,7,13H2,1H3,(H,14,15). The number of benzene rings is 1. The second kappa shape index (κ2) is 3.93. The molecule has 1 aromatic carbocycles. The number of nitrogens with two attached hydrogens (primary N) is 1. The van der Waals surface area contributed by atoms with Crippen LogP contribution in [0, 0.1) is 12.8 Å². The molecule has 0 atom stereocenters. The lowest BCUT2D eigenvalue weighted by Gasteiger charge is -2.08. The molecule has 3 N–H and O–H groups in total. The molecule has 0 radical (unpaired) electrons. The van der Waals surface area contributed by atoms with Gasteiger partial charge in [0.2, 0.25) is 5.91 Å². The van der Waals surface area contributed by atoms with Gasteiger partial charge in [-0.2, -0.15) is 0 Å². The predicted molar refractivity (Wildman–Crippen MR) is 61.6 cm³/mol. The molecule has 80 valence electrons. The number of rotatable bonds is 3. The molecule has 0 aromatic heterocycles. The molecule has 0 unspecified atom stereocenters. The van der Waals surface area contributed by atoms with Gasteiger partial charge in [0.05, 0.1) is 0 Å². The number of hydrogen-bond donors (Lipinski definition) is 2. The van der Waals surface area contributed by atoms with Crippen molar-refractivity contribution in [2.75, 3.05) is 11.1 Å². The summed E-state index contributed by atoms with van der Waals surface area (Å²) in [5.41, 5.74) is 8.25. The van der Waals surface area contributed by atoms with Crippen LogP contribution in [0.15, 0.2) is 18.2 Å². The zero-order valence-electron chi connectivity index (χ0n) is 8.92. The number of carbonyl (C=O) groups is 1. The zero-order chi connectivity index (χ0) is 10.8. The molecular formula is C12H16N2O. The van der Waals surface area contributed by atoms with E-state index >= 15 is 0 Å². The van der Waals surface area contributed by atoms with E-state index in [0.717, 1.165) is 16.9 Å². The second-order valence-corrected chi connectivity index (χ2v) is 4.27. The normalized spacial score (nSPS) is 15.0. The van der Waals surface area contributed by atoms with Gasteiger partial charge < -0.3 is 11.1 Å². The molecule has 1 amide bonds. The van der Waals surface area contributed by atoms with Crippen molar-refractivity contribution in [2.45, 2.75) is 26.2 Å². The van der Waals surface area contributed by atoms with E-state index in [1.54, 1.807) is 6.07 Å². The van der Waals surface area contributed by atoms with Crippen LogP contribution in [-0.4, -0.2) is 5.91 Å². The van der Waals surface area contributed by atoms with Crippen molar-refractivity contribution < 1.29 is 4.79 Å². The van der Waals surface area contributed by atoms with Crippen LogP contribution < -0.4 is 11.1 Å². The molecule has 1 aliphatic carbocycles. The first-order valence-electron chi connectivity index (χ1n) is 5.31. The van der Waals surface area contributed by atoms with E-state index in [9.17, 15) is 4.79 Å². The number of hydrogen-bond acceptors (Lipinski definition) is 2. The highest BCUT2D eigenvalue weighted by atomic mass is 16.1. The van der Waals surface area contributed by atoms with Gasteiger partial charge in [-0.15, -0.1) is 0 Å². The van der Waals surface area contributed by atoms with Crippen molar-refractivity contribution >= 4 is 17.3 Å². The molecule has 1 fully saturated rings. The van der Waals surface area contributed by atoms with Crippen LogP contribution in [0.1, 0.15) is 24.8 Å². The third-order valence-electron chi connectivity index (χ3n) is 2.70. The van der Waals surface area contributed by atoms with Crippen molar-refractivity contribution in [1.29, 1.82) is 0 Å². The maximum Gasteiger partial charge on any atom is 0.224 e. The van der Waals surface area contributed by atoms with Gasteiger partial charge in [0.1, 0.15) is 0 Å². The molecule has 0 saturated heterocycles. The minimum atomic E-state index is 0.116. The molecule has 0 spiro atoms. The topological polar surface area (TPSA) is 55.1 Å². The van der Waals surface area contributed by atoms with Crippen molar-refractivity contribution in [3.63, 3.8) is 0 Å². The Morgan fingerprint density at radius 3 is 2.87 bits per heavy atom. The lowest BCUT2D eigenvalue weighted by Crippen LogP contribution is -2.12. The van der Waals surface area contributed by atoms with E-state index in [4.69, 9.17) is 5.73 Å². The van der Waals surface area contributed by atoms with Crippen LogP contribution >= 0.6 is 0 Å². The molecular weight excluding hydrogens is 188 g/mol. The van der Waals surface area contributed by atoms with Crippen LogP contribution in [0.3, 0.4) is 0 Å². The summed E-state index contributed by atoms with van der Waals surface area (Å²) in [6, 6.07) is 5.53. The van der Waals surface area contributed by atoms with Gasteiger partial charge in [-0.05, 0) is 49.4 Å². The number of nitrogen functional groups attached to an aromatic ring is 1. The largest absolute Gasteiger partial charge is 0.399 e. The maximum absolute atomic E-state index is 11.6. The van der Waals surface area contributed by atoms with Crippen LogP contribution in [0.25, 0.3) is 0 Å². The molecule has 1 aromatic rings. The van der Waals surface area contributed by atoms with Gasteiger partial charge in [0.15, 0.2) is 0 Å². The Morgan fingerprint density at radius 1 is 1.53 bits per heavy atom. The summed E-state index contributed by atoms with van der Waals surface area (Å²) in [6.07, 6.45) is 3.06. The number of amides is 1. The first-order valence-corrected chi connectivity index (χ1v) is 5.31. The minimum Gasteiger partial charge on any atom is -0.399 e. The summed E-state index contributed by atoms with van der Waals surface area (Å²) < 4.78 is 0. The average molecular weight is 204 g/mol. The third kappa shape index (κ3) is 2.72. The first kappa shape index (κ1) is 10.0. The molecule has 0 aliphatic heterocycles. The van der Waals surface area contributed by atoms with Gasteiger partial charge in [-0.25, -0.2) is 0 Å². The van der Waals surface area contributed by atoms with Crippen LogP contribution in [-0.2, 0) is 4.79 Å². The van der Waals surface area contributed by atoms with Crippen molar-refractivity contribution in [1.82, 2.24) is 0 Å².